The van der Waals surface area contributed by atoms with Crippen molar-refractivity contribution in [2.75, 3.05) is 20.3 Å². The molecule has 0 unspecified atom stereocenters. The Bertz CT molecular complexity index is 686. The van der Waals surface area contributed by atoms with Crippen molar-refractivity contribution in [3.05, 3.63) is 59.2 Å². The van der Waals surface area contributed by atoms with Crippen molar-refractivity contribution in [2.24, 2.45) is 0 Å². The van der Waals surface area contributed by atoms with E-state index in [0.29, 0.717) is 19.7 Å². The number of methoxy groups -OCH3 is 1. The van der Waals surface area contributed by atoms with Crippen LogP contribution in [0.2, 0.25) is 0 Å². The molecule has 5 heteroatoms. The third-order valence-electron chi connectivity index (χ3n) is 3.62. The molecule has 0 aromatic heterocycles. The molecule has 0 aliphatic rings. The number of hydrogen-bond acceptors (Lipinski definition) is 3. The normalized spacial score (nSPS) is 10.1. The SMILES string of the molecule is COc1ccccc1CNC(=O)NCCOc1cc(C)ccc1C. The summed E-state index contributed by atoms with van der Waals surface area (Å²) in [6.45, 7) is 5.29. The summed E-state index contributed by atoms with van der Waals surface area (Å²) in [5.74, 6) is 1.61. The zero-order valence-electron chi connectivity index (χ0n) is 14.4. The van der Waals surface area contributed by atoms with E-state index in [9.17, 15) is 4.79 Å². The first-order chi connectivity index (χ1) is 11.6. The third kappa shape index (κ3) is 5.19. The van der Waals surface area contributed by atoms with Gasteiger partial charge >= 0.3 is 6.03 Å². The van der Waals surface area contributed by atoms with Gasteiger partial charge in [0.05, 0.1) is 13.7 Å². The van der Waals surface area contributed by atoms with Gasteiger partial charge in [-0.15, -0.1) is 0 Å². The number of para-hydroxylation sites is 1. The van der Waals surface area contributed by atoms with Crippen molar-refractivity contribution < 1.29 is 14.3 Å². The first-order valence-corrected chi connectivity index (χ1v) is 7.94. The highest BCUT2D eigenvalue weighted by atomic mass is 16.5. The van der Waals surface area contributed by atoms with E-state index in [1.54, 1.807) is 7.11 Å². The molecule has 0 bridgehead atoms. The molecule has 5 nitrogen and oxygen atoms in total. The summed E-state index contributed by atoms with van der Waals surface area (Å²) in [5.41, 5.74) is 3.17. The van der Waals surface area contributed by atoms with Crippen molar-refractivity contribution in [1.29, 1.82) is 0 Å². The summed E-state index contributed by atoms with van der Waals surface area (Å²) in [5, 5.41) is 5.59. The van der Waals surface area contributed by atoms with Gasteiger partial charge in [0.25, 0.3) is 0 Å². The van der Waals surface area contributed by atoms with Crippen LogP contribution >= 0.6 is 0 Å². The number of amides is 2. The Kier molecular flexibility index (Phi) is 6.49. The first kappa shape index (κ1) is 17.7. The second kappa shape index (κ2) is 8.82. The average molecular weight is 328 g/mol. The average Bonchev–Trinajstić information content (AvgIpc) is 2.60. The minimum Gasteiger partial charge on any atom is -0.496 e. The van der Waals surface area contributed by atoms with E-state index in [-0.39, 0.29) is 6.03 Å². The van der Waals surface area contributed by atoms with Crippen LogP contribution in [0.1, 0.15) is 16.7 Å². The van der Waals surface area contributed by atoms with Gasteiger partial charge in [-0.25, -0.2) is 4.79 Å². The molecule has 0 fully saturated rings. The minimum atomic E-state index is -0.231. The van der Waals surface area contributed by atoms with Crippen LogP contribution in [0.5, 0.6) is 11.5 Å². The van der Waals surface area contributed by atoms with E-state index in [2.05, 4.69) is 10.6 Å². The first-order valence-electron chi connectivity index (χ1n) is 7.94. The lowest BCUT2D eigenvalue weighted by Crippen LogP contribution is -2.37. The molecule has 0 heterocycles. The lowest BCUT2D eigenvalue weighted by Gasteiger charge is -2.12. The standard InChI is InChI=1S/C19H24N2O3/c1-14-8-9-15(2)18(12-14)24-11-10-20-19(22)21-13-16-6-4-5-7-17(16)23-3/h4-9,12H,10-11,13H2,1-3H3,(H2,20,21,22). The molecule has 0 saturated heterocycles. The van der Waals surface area contributed by atoms with Crippen LogP contribution in [0, 0.1) is 13.8 Å². The molecule has 2 N–H and O–H groups in total. The number of carbonyl (C=O) groups is 1. The molecular formula is C19H24N2O3. The van der Waals surface area contributed by atoms with E-state index >= 15 is 0 Å². The van der Waals surface area contributed by atoms with E-state index in [0.717, 1.165) is 28.2 Å². The summed E-state index contributed by atoms with van der Waals surface area (Å²) in [6.07, 6.45) is 0. The number of hydrogen-bond donors (Lipinski definition) is 2. The van der Waals surface area contributed by atoms with Crippen LogP contribution in [-0.4, -0.2) is 26.3 Å². The monoisotopic (exact) mass is 328 g/mol. The van der Waals surface area contributed by atoms with Crippen molar-refractivity contribution in [2.45, 2.75) is 20.4 Å². The van der Waals surface area contributed by atoms with Crippen LogP contribution in [0.15, 0.2) is 42.5 Å². The summed E-state index contributed by atoms with van der Waals surface area (Å²) in [7, 11) is 1.61. The summed E-state index contributed by atoms with van der Waals surface area (Å²) < 4.78 is 11.0. The van der Waals surface area contributed by atoms with Crippen molar-refractivity contribution >= 4 is 6.03 Å². The van der Waals surface area contributed by atoms with Gasteiger partial charge in [0, 0.05) is 12.1 Å². The fraction of sp³-hybridized carbons (Fsp3) is 0.316. The molecule has 24 heavy (non-hydrogen) atoms. The molecule has 0 aliphatic heterocycles. The van der Waals surface area contributed by atoms with Gasteiger partial charge in [-0.05, 0) is 37.1 Å². The molecule has 0 saturated carbocycles. The van der Waals surface area contributed by atoms with Crippen LogP contribution in [0.3, 0.4) is 0 Å². The van der Waals surface area contributed by atoms with E-state index in [1.165, 1.54) is 0 Å². The number of carbonyl (C=O) groups excluding carboxylic acids is 1. The highest BCUT2D eigenvalue weighted by Crippen LogP contribution is 2.18. The molecule has 0 radical (unpaired) electrons. The van der Waals surface area contributed by atoms with E-state index < -0.39 is 0 Å². The maximum Gasteiger partial charge on any atom is 0.315 e. The Morgan fingerprint density at radius 3 is 2.62 bits per heavy atom. The number of rotatable bonds is 7. The third-order valence-corrected chi connectivity index (χ3v) is 3.62. The molecule has 0 atom stereocenters. The van der Waals surface area contributed by atoms with Crippen LogP contribution in [0.4, 0.5) is 4.79 Å². The zero-order chi connectivity index (χ0) is 17.4. The Labute approximate surface area is 143 Å². The zero-order valence-corrected chi connectivity index (χ0v) is 14.4. The van der Waals surface area contributed by atoms with Gasteiger partial charge in [0.15, 0.2) is 0 Å². The van der Waals surface area contributed by atoms with Gasteiger partial charge < -0.3 is 20.1 Å². The Balaban J connectivity index is 1.71. The molecule has 128 valence electrons. The van der Waals surface area contributed by atoms with Crippen LogP contribution in [-0.2, 0) is 6.54 Å². The number of benzene rings is 2. The van der Waals surface area contributed by atoms with Crippen LogP contribution < -0.4 is 20.1 Å². The fourth-order valence-corrected chi connectivity index (χ4v) is 2.28. The highest BCUT2D eigenvalue weighted by Gasteiger charge is 2.05. The molecule has 0 aliphatic carbocycles. The highest BCUT2D eigenvalue weighted by molar-refractivity contribution is 5.73. The van der Waals surface area contributed by atoms with E-state index in [4.69, 9.17) is 9.47 Å². The Hall–Kier alpha value is -2.69. The van der Waals surface area contributed by atoms with Gasteiger partial charge in [-0.3, -0.25) is 0 Å². The molecule has 2 aromatic carbocycles. The quantitative estimate of drug-likeness (QED) is 0.768. The summed E-state index contributed by atoms with van der Waals surface area (Å²) >= 11 is 0. The Morgan fingerprint density at radius 2 is 1.83 bits per heavy atom. The molecule has 2 amide bonds. The molecule has 2 aromatic rings. The van der Waals surface area contributed by atoms with E-state index in [1.807, 2.05) is 56.3 Å². The lowest BCUT2D eigenvalue weighted by molar-refractivity contribution is 0.236. The summed E-state index contributed by atoms with van der Waals surface area (Å²) in [6, 6.07) is 13.4. The molecular weight excluding hydrogens is 304 g/mol. The van der Waals surface area contributed by atoms with Gasteiger partial charge in [-0.1, -0.05) is 30.3 Å². The number of urea groups is 1. The maximum absolute atomic E-state index is 11.8. The van der Waals surface area contributed by atoms with Crippen molar-refractivity contribution in [3.8, 4) is 11.5 Å². The smallest absolute Gasteiger partial charge is 0.315 e. The second-order valence-corrected chi connectivity index (χ2v) is 5.54. The van der Waals surface area contributed by atoms with Gasteiger partial charge in [-0.2, -0.15) is 0 Å². The lowest BCUT2D eigenvalue weighted by atomic mass is 10.1. The Morgan fingerprint density at radius 1 is 1.04 bits per heavy atom. The molecule has 0 spiro atoms. The predicted molar refractivity (Wildman–Crippen MR) is 94.6 cm³/mol. The second-order valence-electron chi connectivity index (χ2n) is 5.54. The van der Waals surface area contributed by atoms with Crippen LogP contribution in [0.25, 0.3) is 0 Å². The number of aryl methyl sites for hydroxylation is 2. The molecule has 2 rings (SSSR count). The largest absolute Gasteiger partial charge is 0.496 e. The fourth-order valence-electron chi connectivity index (χ4n) is 2.28. The topological polar surface area (TPSA) is 59.6 Å². The number of ether oxygens (including phenoxy) is 2. The van der Waals surface area contributed by atoms with Gasteiger partial charge in [0.1, 0.15) is 18.1 Å². The van der Waals surface area contributed by atoms with Gasteiger partial charge in [0.2, 0.25) is 0 Å². The minimum absolute atomic E-state index is 0.231. The van der Waals surface area contributed by atoms with Crippen molar-refractivity contribution in [1.82, 2.24) is 10.6 Å². The summed E-state index contributed by atoms with van der Waals surface area (Å²) in [4.78, 5) is 11.8. The van der Waals surface area contributed by atoms with Crippen molar-refractivity contribution in [3.63, 3.8) is 0 Å². The predicted octanol–water partition coefficient (Wildman–Crippen LogP) is 3.19. The number of nitrogens with one attached hydrogen (secondary N) is 2. The maximum atomic E-state index is 11.8.